The Bertz CT molecular complexity index is 803. The third-order valence-corrected chi connectivity index (χ3v) is 5.41. The number of primary amides is 2. The molecule has 1 aromatic rings. The van der Waals surface area contributed by atoms with Crippen LogP contribution in [0.4, 0.5) is 18.9 Å². The van der Waals surface area contributed by atoms with Crippen LogP contribution in [0.2, 0.25) is 0 Å². The summed E-state index contributed by atoms with van der Waals surface area (Å²) in [5.41, 5.74) is 9.54. The van der Waals surface area contributed by atoms with Crippen LogP contribution in [0, 0.1) is 0 Å². The Hall–Kier alpha value is -2.55. The molecular formula is C19H23F3N4O2. The molecule has 0 spiro atoms. The molecule has 1 unspecified atom stereocenters. The van der Waals surface area contributed by atoms with Crippen molar-refractivity contribution in [1.29, 1.82) is 0 Å². The van der Waals surface area contributed by atoms with Crippen molar-refractivity contribution in [2.45, 2.75) is 31.0 Å². The number of piperidine rings is 1. The molecule has 28 heavy (non-hydrogen) atoms. The highest BCUT2D eigenvalue weighted by Crippen LogP contribution is 2.35. The van der Waals surface area contributed by atoms with Crippen molar-refractivity contribution in [3.05, 3.63) is 41.5 Å². The second-order valence-electron chi connectivity index (χ2n) is 7.27. The van der Waals surface area contributed by atoms with Gasteiger partial charge in [0.1, 0.15) is 5.54 Å². The molecule has 6 nitrogen and oxygen atoms in total. The van der Waals surface area contributed by atoms with Crippen molar-refractivity contribution in [2.75, 3.05) is 31.1 Å². The fourth-order valence-electron chi connectivity index (χ4n) is 3.93. The summed E-state index contributed by atoms with van der Waals surface area (Å²) in [7, 11) is 0. The highest BCUT2D eigenvalue weighted by atomic mass is 19.4. The molecule has 3 rings (SSSR count). The van der Waals surface area contributed by atoms with Gasteiger partial charge in [-0.05, 0) is 50.2 Å². The van der Waals surface area contributed by atoms with E-state index in [1.165, 1.54) is 18.2 Å². The van der Waals surface area contributed by atoms with Crippen LogP contribution in [0.1, 0.15) is 24.8 Å². The average molecular weight is 396 g/mol. The minimum absolute atomic E-state index is 0.0134. The van der Waals surface area contributed by atoms with Crippen molar-refractivity contribution < 1.29 is 22.8 Å². The molecule has 2 aliphatic heterocycles. The van der Waals surface area contributed by atoms with Crippen molar-refractivity contribution in [2.24, 2.45) is 11.5 Å². The van der Waals surface area contributed by atoms with Gasteiger partial charge < -0.3 is 16.4 Å². The number of halogens is 3. The molecule has 152 valence electrons. The van der Waals surface area contributed by atoms with E-state index in [0.29, 0.717) is 13.1 Å². The Morgan fingerprint density at radius 3 is 2.32 bits per heavy atom. The maximum atomic E-state index is 13.1. The SMILES string of the molecule is NC(=O)C1=CC(C(N)=O)(N2CCCCC2)CN(c2cccc(C(F)(F)F)c2)C1. The molecule has 1 atom stereocenters. The van der Waals surface area contributed by atoms with Crippen molar-refractivity contribution >= 4 is 17.5 Å². The summed E-state index contributed by atoms with van der Waals surface area (Å²) in [6.07, 6.45) is -0.222. The zero-order valence-electron chi connectivity index (χ0n) is 15.3. The number of alkyl halides is 3. The number of amides is 2. The standard InChI is InChI=1S/C19H23F3N4O2/c20-19(21,22)14-5-4-6-15(9-14)25-11-13(16(23)27)10-18(12-25,17(24)28)26-7-2-1-3-8-26/h4-6,9-10H,1-3,7-8,11-12H2,(H2,23,27)(H2,24,28). The van der Waals surface area contributed by atoms with Gasteiger partial charge in [-0.15, -0.1) is 0 Å². The van der Waals surface area contributed by atoms with Gasteiger partial charge in [0.05, 0.1) is 5.56 Å². The first kappa shape index (κ1) is 20.2. The van der Waals surface area contributed by atoms with E-state index in [0.717, 1.165) is 31.4 Å². The number of hydrogen-bond donors (Lipinski definition) is 2. The molecule has 1 saturated heterocycles. The van der Waals surface area contributed by atoms with E-state index in [2.05, 4.69) is 0 Å². The summed E-state index contributed by atoms with van der Waals surface area (Å²) < 4.78 is 39.4. The zero-order chi connectivity index (χ0) is 20.5. The lowest BCUT2D eigenvalue weighted by Crippen LogP contribution is -2.65. The lowest BCUT2D eigenvalue weighted by atomic mass is 9.86. The molecule has 0 bridgehead atoms. The van der Waals surface area contributed by atoms with Crippen LogP contribution in [0.25, 0.3) is 0 Å². The van der Waals surface area contributed by atoms with Crippen LogP contribution >= 0.6 is 0 Å². The Morgan fingerprint density at radius 2 is 1.75 bits per heavy atom. The van der Waals surface area contributed by atoms with E-state index < -0.39 is 29.1 Å². The number of anilines is 1. The van der Waals surface area contributed by atoms with Gasteiger partial charge in [0.2, 0.25) is 11.8 Å². The zero-order valence-corrected chi connectivity index (χ0v) is 15.3. The number of hydrogen-bond acceptors (Lipinski definition) is 4. The summed E-state index contributed by atoms with van der Waals surface area (Å²) >= 11 is 0. The summed E-state index contributed by atoms with van der Waals surface area (Å²) in [4.78, 5) is 27.9. The Labute approximate surface area is 160 Å². The normalized spacial score (nSPS) is 24.0. The molecule has 2 amide bonds. The van der Waals surface area contributed by atoms with Crippen LogP contribution in [-0.4, -0.2) is 48.4 Å². The fourth-order valence-corrected chi connectivity index (χ4v) is 3.93. The number of nitrogens with zero attached hydrogens (tertiary/aromatic N) is 2. The van der Waals surface area contributed by atoms with E-state index in [1.54, 1.807) is 4.90 Å². The maximum absolute atomic E-state index is 13.1. The summed E-state index contributed by atoms with van der Waals surface area (Å²) in [6.45, 7) is 1.30. The topological polar surface area (TPSA) is 92.7 Å². The summed E-state index contributed by atoms with van der Waals surface area (Å²) in [5, 5.41) is 0. The Balaban J connectivity index is 2.04. The van der Waals surface area contributed by atoms with Gasteiger partial charge >= 0.3 is 6.18 Å². The lowest BCUT2D eigenvalue weighted by Gasteiger charge is -2.47. The molecule has 2 heterocycles. The van der Waals surface area contributed by atoms with Crippen LogP contribution in [-0.2, 0) is 15.8 Å². The van der Waals surface area contributed by atoms with Crippen molar-refractivity contribution in [1.82, 2.24) is 4.90 Å². The molecular weight excluding hydrogens is 373 g/mol. The van der Waals surface area contributed by atoms with Gasteiger partial charge in [-0.3, -0.25) is 14.5 Å². The largest absolute Gasteiger partial charge is 0.416 e. The van der Waals surface area contributed by atoms with Crippen LogP contribution in [0.15, 0.2) is 35.9 Å². The predicted octanol–water partition coefficient (Wildman–Crippen LogP) is 1.65. The number of benzene rings is 1. The predicted molar refractivity (Wildman–Crippen MR) is 98.3 cm³/mol. The van der Waals surface area contributed by atoms with E-state index in [9.17, 15) is 22.8 Å². The summed E-state index contributed by atoms with van der Waals surface area (Å²) in [5.74, 6) is -1.37. The van der Waals surface area contributed by atoms with Gasteiger partial charge in [-0.1, -0.05) is 12.5 Å². The number of carbonyl (C=O) groups excluding carboxylic acids is 2. The van der Waals surface area contributed by atoms with Crippen molar-refractivity contribution in [3.8, 4) is 0 Å². The molecule has 4 N–H and O–H groups in total. The molecule has 1 aromatic carbocycles. The van der Waals surface area contributed by atoms with E-state index >= 15 is 0 Å². The molecule has 2 aliphatic rings. The van der Waals surface area contributed by atoms with Gasteiger partial charge in [0.15, 0.2) is 0 Å². The molecule has 1 fully saturated rings. The highest BCUT2D eigenvalue weighted by Gasteiger charge is 2.46. The minimum atomic E-state index is -4.50. The second kappa shape index (κ2) is 7.46. The van der Waals surface area contributed by atoms with Crippen LogP contribution in [0.5, 0.6) is 0 Å². The minimum Gasteiger partial charge on any atom is -0.368 e. The monoisotopic (exact) mass is 396 g/mol. The van der Waals surface area contributed by atoms with Crippen LogP contribution in [0.3, 0.4) is 0 Å². The third-order valence-electron chi connectivity index (χ3n) is 5.41. The van der Waals surface area contributed by atoms with Gasteiger partial charge in [-0.2, -0.15) is 13.2 Å². The molecule has 0 aromatic heterocycles. The first-order chi connectivity index (χ1) is 13.1. The summed E-state index contributed by atoms with van der Waals surface area (Å²) in [6, 6.07) is 4.80. The smallest absolute Gasteiger partial charge is 0.368 e. The number of likely N-dealkylation sites (tertiary alicyclic amines) is 1. The van der Waals surface area contributed by atoms with Gasteiger partial charge in [0.25, 0.3) is 0 Å². The first-order valence-electron chi connectivity index (χ1n) is 9.12. The van der Waals surface area contributed by atoms with Crippen molar-refractivity contribution in [3.63, 3.8) is 0 Å². The van der Waals surface area contributed by atoms with E-state index in [-0.39, 0.29) is 24.4 Å². The lowest BCUT2D eigenvalue weighted by molar-refractivity contribution is -0.137. The van der Waals surface area contributed by atoms with E-state index in [1.807, 2.05) is 4.90 Å². The maximum Gasteiger partial charge on any atom is 0.416 e. The highest BCUT2D eigenvalue weighted by molar-refractivity contribution is 5.97. The second-order valence-corrected chi connectivity index (χ2v) is 7.27. The third kappa shape index (κ3) is 3.84. The molecule has 9 heteroatoms. The van der Waals surface area contributed by atoms with Crippen LogP contribution < -0.4 is 16.4 Å². The van der Waals surface area contributed by atoms with Gasteiger partial charge in [0, 0.05) is 24.4 Å². The number of rotatable bonds is 4. The van der Waals surface area contributed by atoms with Gasteiger partial charge in [-0.25, -0.2) is 0 Å². The Morgan fingerprint density at radius 1 is 1.07 bits per heavy atom. The first-order valence-corrected chi connectivity index (χ1v) is 9.12. The number of carbonyl (C=O) groups is 2. The fraction of sp³-hybridized carbons (Fsp3) is 0.474. The van der Waals surface area contributed by atoms with E-state index in [4.69, 9.17) is 11.5 Å². The Kier molecular flexibility index (Phi) is 5.38. The molecule has 0 saturated carbocycles. The number of nitrogens with two attached hydrogens (primary N) is 2. The quantitative estimate of drug-likeness (QED) is 0.809. The molecule has 0 radical (unpaired) electrons. The average Bonchev–Trinajstić information content (AvgIpc) is 2.67. The molecule has 0 aliphatic carbocycles.